The Balaban J connectivity index is 1.73. The Hall–Kier alpha value is -1.88. The van der Waals surface area contributed by atoms with Crippen LogP contribution in [0.4, 0.5) is 0 Å². The molecule has 3 saturated heterocycles. The number of nitrogens with one attached hydrogen (secondary N) is 1. The molecule has 1 amide bonds. The highest BCUT2D eigenvalue weighted by molar-refractivity contribution is 5.96. The Labute approximate surface area is 136 Å². The van der Waals surface area contributed by atoms with Crippen molar-refractivity contribution in [2.45, 2.75) is 38.3 Å². The van der Waals surface area contributed by atoms with Gasteiger partial charge >= 0.3 is 0 Å². The van der Waals surface area contributed by atoms with Crippen molar-refractivity contribution < 1.29 is 14.4 Å². The first-order valence-electron chi connectivity index (χ1n) is 8.62. The van der Waals surface area contributed by atoms with Gasteiger partial charge in [0.05, 0.1) is 20.2 Å². The van der Waals surface area contributed by atoms with E-state index in [-0.39, 0.29) is 11.9 Å². The number of ether oxygens (including phenoxy) is 1. The van der Waals surface area contributed by atoms with Crippen molar-refractivity contribution in [3.63, 3.8) is 0 Å². The van der Waals surface area contributed by atoms with Crippen molar-refractivity contribution in [1.29, 1.82) is 0 Å². The second-order valence-electron chi connectivity index (χ2n) is 6.74. The minimum Gasteiger partial charge on any atom is -0.497 e. The molecule has 4 aliphatic rings. The number of hydrogen-bond donors (Lipinski definition) is 1. The molecule has 5 rings (SSSR count). The molecule has 23 heavy (non-hydrogen) atoms. The predicted octanol–water partition coefficient (Wildman–Crippen LogP) is 1.02. The van der Waals surface area contributed by atoms with E-state index in [0.717, 1.165) is 11.3 Å². The van der Waals surface area contributed by atoms with Crippen molar-refractivity contribution in [2.75, 3.05) is 20.2 Å². The number of hydrogen-bond acceptors (Lipinski definition) is 3. The molecule has 0 saturated carbocycles. The standard InChI is InChI=1S/C18H23N3O2/c1-3-15(22)21-17(13-4-6-14(23-2)7-5-13)18-16(19-21)12-8-10-20(18)11-9-12/h4-7,12,17-18H,3,8-11H2,1-2H3/p+1/t17-,18-/m0/s1. The van der Waals surface area contributed by atoms with Crippen molar-refractivity contribution in [2.24, 2.45) is 11.0 Å². The lowest BCUT2D eigenvalue weighted by atomic mass is 9.78. The molecule has 5 nitrogen and oxygen atoms in total. The first kappa shape index (κ1) is 14.7. The van der Waals surface area contributed by atoms with Crippen LogP contribution in [0.5, 0.6) is 5.75 Å². The zero-order chi connectivity index (χ0) is 16.0. The van der Waals surface area contributed by atoms with Crippen LogP contribution in [-0.2, 0) is 4.79 Å². The largest absolute Gasteiger partial charge is 0.497 e. The fourth-order valence-corrected chi connectivity index (χ4v) is 4.42. The summed E-state index contributed by atoms with van der Waals surface area (Å²) in [6.45, 7) is 4.32. The number of fused-ring (bicyclic) bond motifs is 2. The van der Waals surface area contributed by atoms with Gasteiger partial charge in [0.2, 0.25) is 5.91 Å². The van der Waals surface area contributed by atoms with Crippen LogP contribution >= 0.6 is 0 Å². The summed E-state index contributed by atoms with van der Waals surface area (Å²) in [4.78, 5) is 14.1. The summed E-state index contributed by atoms with van der Waals surface area (Å²) in [7, 11) is 1.68. The van der Waals surface area contributed by atoms with Gasteiger partial charge < -0.3 is 9.64 Å². The lowest BCUT2D eigenvalue weighted by Gasteiger charge is -2.42. The molecule has 0 spiro atoms. The maximum absolute atomic E-state index is 12.5. The van der Waals surface area contributed by atoms with Gasteiger partial charge in [0, 0.05) is 25.2 Å². The first-order valence-corrected chi connectivity index (χ1v) is 8.62. The van der Waals surface area contributed by atoms with Gasteiger partial charge in [0.1, 0.15) is 17.5 Å². The Bertz CT molecular complexity index is 632. The number of quaternary nitrogens is 1. The van der Waals surface area contributed by atoms with Crippen LogP contribution < -0.4 is 9.64 Å². The summed E-state index contributed by atoms with van der Waals surface area (Å²) in [5, 5.41) is 6.58. The monoisotopic (exact) mass is 314 g/mol. The zero-order valence-electron chi connectivity index (χ0n) is 13.8. The Morgan fingerprint density at radius 2 is 2.00 bits per heavy atom. The number of methoxy groups -OCH3 is 1. The molecule has 1 aromatic carbocycles. The maximum atomic E-state index is 12.5. The van der Waals surface area contributed by atoms with Crippen molar-refractivity contribution in [1.82, 2.24) is 5.01 Å². The van der Waals surface area contributed by atoms with Crippen molar-refractivity contribution in [3.05, 3.63) is 29.8 Å². The van der Waals surface area contributed by atoms with E-state index in [1.165, 1.54) is 31.6 Å². The minimum atomic E-state index is 0.0430. The highest BCUT2D eigenvalue weighted by Gasteiger charge is 2.54. The normalized spacial score (nSPS) is 31.7. The van der Waals surface area contributed by atoms with Gasteiger partial charge in [0.25, 0.3) is 0 Å². The number of rotatable bonds is 3. The van der Waals surface area contributed by atoms with Crippen molar-refractivity contribution >= 4 is 11.6 Å². The summed E-state index contributed by atoms with van der Waals surface area (Å²) in [6, 6.07) is 8.51. The van der Waals surface area contributed by atoms with Crippen molar-refractivity contribution in [3.8, 4) is 5.75 Å². The summed E-state index contributed by atoms with van der Waals surface area (Å²) < 4.78 is 5.27. The molecule has 2 atom stereocenters. The predicted molar refractivity (Wildman–Crippen MR) is 87.5 cm³/mol. The molecule has 5 heteroatoms. The van der Waals surface area contributed by atoms with Crippen LogP contribution in [0.15, 0.2) is 29.4 Å². The van der Waals surface area contributed by atoms with E-state index < -0.39 is 0 Å². The SMILES string of the molecule is CCC(=O)N1N=C2C3CC[NH+](CC3)[C@@H]2[C@@H]1c1ccc(OC)cc1. The number of piperidine rings is 3. The minimum absolute atomic E-state index is 0.0430. The zero-order valence-corrected chi connectivity index (χ0v) is 13.8. The van der Waals surface area contributed by atoms with Gasteiger partial charge in [-0.2, -0.15) is 5.10 Å². The van der Waals surface area contributed by atoms with Crippen LogP contribution in [0.1, 0.15) is 37.8 Å². The van der Waals surface area contributed by atoms with E-state index in [9.17, 15) is 4.79 Å². The number of carbonyl (C=O) groups excluding carboxylic acids is 1. The molecule has 4 heterocycles. The average molecular weight is 314 g/mol. The number of amides is 1. The van der Waals surface area contributed by atoms with Crippen LogP contribution in [0.25, 0.3) is 0 Å². The lowest BCUT2D eigenvalue weighted by molar-refractivity contribution is -0.927. The average Bonchev–Trinajstić information content (AvgIpc) is 3.04. The molecule has 3 fully saturated rings. The van der Waals surface area contributed by atoms with E-state index in [1.54, 1.807) is 17.0 Å². The molecule has 0 aromatic heterocycles. The highest BCUT2D eigenvalue weighted by atomic mass is 16.5. The number of hydrazone groups is 1. The van der Waals surface area contributed by atoms with Gasteiger partial charge in [0.15, 0.2) is 6.04 Å². The molecule has 0 radical (unpaired) electrons. The summed E-state index contributed by atoms with van der Waals surface area (Å²) in [5.74, 6) is 1.54. The third-order valence-electron chi connectivity index (χ3n) is 5.62. The van der Waals surface area contributed by atoms with Crippen LogP contribution in [0, 0.1) is 5.92 Å². The van der Waals surface area contributed by atoms with Gasteiger partial charge in [-0.15, -0.1) is 0 Å². The topological polar surface area (TPSA) is 46.3 Å². The molecule has 0 aliphatic carbocycles. The fourth-order valence-electron chi connectivity index (χ4n) is 4.42. The van der Waals surface area contributed by atoms with Crippen LogP contribution in [-0.4, -0.2) is 42.9 Å². The summed E-state index contributed by atoms with van der Waals surface area (Å²) in [5.41, 5.74) is 2.43. The smallest absolute Gasteiger partial charge is 0.243 e. The molecule has 122 valence electrons. The summed E-state index contributed by atoms with van der Waals surface area (Å²) in [6.07, 6.45) is 2.93. The Morgan fingerprint density at radius 3 is 2.61 bits per heavy atom. The van der Waals surface area contributed by atoms with Gasteiger partial charge in [-0.05, 0) is 17.7 Å². The van der Waals surface area contributed by atoms with Gasteiger partial charge in [-0.1, -0.05) is 19.1 Å². The third-order valence-corrected chi connectivity index (χ3v) is 5.62. The quantitative estimate of drug-likeness (QED) is 0.905. The molecule has 0 unspecified atom stereocenters. The summed E-state index contributed by atoms with van der Waals surface area (Å²) >= 11 is 0. The highest BCUT2D eigenvalue weighted by Crippen LogP contribution is 2.37. The molecular formula is C18H24N3O2+. The van der Waals surface area contributed by atoms with E-state index in [2.05, 4.69) is 12.1 Å². The second kappa shape index (κ2) is 5.64. The second-order valence-corrected chi connectivity index (χ2v) is 6.74. The molecule has 4 aliphatic heterocycles. The van der Waals surface area contributed by atoms with Crippen LogP contribution in [0.3, 0.4) is 0 Å². The van der Waals surface area contributed by atoms with E-state index in [0.29, 0.717) is 18.4 Å². The number of benzene rings is 1. The van der Waals surface area contributed by atoms with Gasteiger partial charge in [-0.3, -0.25) is 4.79 Å². The molecule has 1 N–H and O–H groups in total. The van der Waals surface area contributed by atoms with E-state index in [1.807, 2.05) is 19.1 Å². The van der Waals surface area contributed by atoms with Gasteiger partial charge in [-0.25, -0.2) is 5.01 Å². The fraction of sp³-hybridized carbons (Fsp3) is 0.556. The molecular weight excluding hydrogens is 290 g/mol. The number of carbonyl (C=O) groups is 1. The van der Waals surface area contributed by atoms with Crippen LogP contribution in [0.2, 0.25) is 0 Å². The molecule has 1 aromatic rings. The molecule has 2 bridgehead atoms. The van der Waals surface area contributed by atoms with E-state index >= 15 is 0 Å². The Kier molecular flexibility index (Phi) is 3.60. The Morgan fingerprint density at radius 1 is 1.30 bits per heavy atom. The first-order chi connectivity index (χ1) is 11.2. The van der Waals surface area contributed by atoms with E-state index in [4.69, 9.17) is 9.84 Å². The lowest BCUT2D eigenvalue weighted by Crippen LogP contribution is -3.20. The maximum Gasteiger partial charge on any atom is 0.243 e. The third kappa shape index (κ3) is 2.26. The number of nitrogens with zero attached hydrogens (tertiary/aromatic N) is 2.